The van der Waals surface area contributed by atoms with Gasteiger partial charge in [-0.15, -0.1) is 0 Å². The maximum absolute atomic E-state index is 11.6. The first-order chi connectivity index (χ1) is 7.27. The van der Waals surface area contributed by atoms with Gasteiger partial charge in [0.1, 0.15) is 5.69 Å². The molecule has 1 aromatic carbocycles. The van der Waals surface area contributed by atoms with Crippen LogP contribution < -0.4 is 5.32 Å². The Morgan fingerprint density at radius 2 is 2.13 bits per heavy atom. The predicted octanol–water partition coefficient (Wildman–Crippen LogP) is 1.97. The molecule has 15 heavy (non-hydrogen) atoms. The van der Waals surface area contributed by atoms with Gasteiger partial charge in [0, 0.05) is 11.9 Å². The summed E-state index contributed by atoms with van der Waals surface area (Å²) >= 11 is 0. The second-order valence-electron chi connectivity index (χ2n) is 3.24. The number of aromatic nitrogens is 2. The summed E-state index contributed by atoms with van der Waals surface area (Å²) in [5.74, 6) is -0.179. The van der Waals surface area contributed by atoms with Crippen LogP contribution in [-0.4, -0.2) is 16.1 Å². The van der Waals surface area contributed by atoms with Gasteiger partial charge in [0.25, 0.3) is 5.91 Å². The van der Waals surface area contributed by atoms with Crippen LogP contribution in [0.1, 0.15) is 16.1 Å². The molecule has 1 heterocycles. The van der Waals surface area contributed by atoms with E-state index in [1.54, 1.807) is 12.3 Å². The quantitative estimate of drug-likeness (QED) is 0.780. The van der Waals surface area contributed by atoms with E-state index in [0.717, 1.165) is 11.3 Å². The SMILES string of the molecule is Cc1ccccc1NC(=O)c1ccn[nH]1. The number of aryl methyl sites for hydroxylation is 1. The molecule has 4 heteroatoms. The number of carbonyl (C=O) groups excluding carboxylic acids is 1. The van der Waals surface area contributed by atoms with Gasteiger partial charge in [-0.3, -0.25) is 9.89 Å². The minimum absolute atomic E-state index is 0.179. The first-order valence-electron chi connectivity index (χ1n) is 4.64. The standard InChI is InChI=1S/C11H11N3O/c1-8-4-2-3-5-9(8)13-11(15)10-6-7-12-14-10/h2-7H,1H3,(H,12,14)(H,13,15). The fraction of sp³-hybridized carbons (Fsp3) is 0.0909. The van der Waals surface area contributed by atoms with Crippen molar-refractivity contribution in [2.45, 2.75) is 6.92 Å². The molecule has 0 aliphatic rings. The molecule has 2 N–H and O–H groups in total. The predicted molar refractivity (Wildman–Crippen MR) is 57.7 cm³/mol. The molecule has 2 aromatic rings. The van der Waals surface area contributed by atoms with E-state index in [-0.39, 0.29) is 5.91 Å². The van der Waals surface area contributed by atoms with E-state index in [9.17, 15) is 4.79 Å². The van der Waals surface area contributed by atoms with Crippen molar-refractivity contribution in [2.75, 3.05) is 5.32 Å². The van der Waals surface area contributed by atoms with Crippen LogP contribution in [0.15, 0.2) is 36.5 Å². The number of hydrogen-bond acceptors (Lipinski definition) is 2. The molecule has 4 nitrogen and oxygen atoms in total. The molecule has 0 saturated carbocycles. The summed E-state index contributed by atoms with van der Waals surface area (Å²) in [5, 5.41) is 9.14. The Morgan fingerprint density at radius 1 is 1.33 bits per heavy atom. The molecule has 76 valence electrons. The van der Waals surface area contributed by atoms with Gasteiger partial charge in [0.15, 0.2) is 0 Å². The topological polar surface area (TPSA) is 57.8 Å². The van der Waals surface area contributed by atoms with Crippen LogP contribution in [0, 0.1) is 6.92 Å². The van der Waals surface area contributed by atoms with Crippen molar-refractivity contribution in [2.24, 2.45) is 0 Å². The Hall–Kier alpha value is -2.10. The van der Waals surface area contributed by atoms with E-state index in [2.05, 4.69) is 15.5 Å². The number of amides is 1. The molecular formula is C11H11N3O. The fourth-order valence-corrected chi connectivity index (χ4v) is 1.29. The number of para-hydroxylation sites is 1. The third kappa shape index (κ3) is 2.04. The van der Waals surface area contributed by atoms with E-state index >= 15 is 0 Å². The van der Waals surface area contributed by atoms with Gasteiger partial charge in [0.2, 0.25) is 0 Å². The van der Waals surface area contributed by atoms with Crippen molar-refractivity contribution in [1.29, 1.82) is 0 Å². The Morgan fingerprint density at radius 3 is 2.80 bits per heavy atom. The molecule has 1 aromatic heterocycles. The van der Waals surface area contributed by atoms with Gasteiger partial charge >= 0.3 is 0 Å². The van der Waals surface area contributed by atoms with Crippen molar-refractivity contribution >= 4 is 11.6 Å². The molecule has 0 atom stereocenters. The Bertz CT molecular complexity index is 462. The number of H-pyrrole nitrogens is 1. The summed E-state index contributed by atoms with van der Waals surface area (Å²) in [6.45, 7) is 1.95. The first-order valence-corrected chi connectivity index (χ1v) is 4.64. The van der Waals surface area contributed by atoms with Crippen LogP contribution in [0.25, 0.3) is 0 Å². The Labute approximate surface area is 87.3 Å². The second-order valence-corrected chi connectivity index (χ2v) is 3.24. The lowest BCUT2D eigenvalue weighted by atomic mass is 10.2. The summed E-state index contributed by atoms with van der Waals surface area (Å²) in [6, 6.07) is 9.26. The molecule has 1 amide bonds. The molecule has 2 rings (SSSR count). The van der Waals surface area contributed by atoms with Crippen molar-refractivity contribution in [3.05, 3.63) is 47.8 Å². The molecular weight excluding hydrogens is 190 g/mol. The zero-order chi connectivity index (χ0) is 10.7. The smallest absolute Gasteiger partial charge is 0.273 e. The largest absolute Gasteiger partial charge is 0.320 e. The number of nitrogens with zero attached hydrogens (tertiary/aromatic N) is 1. The van der Waals surface area contributed by atoms with Gasteiger partial charge in [-0.25, -0.2) is 0 Å². The highest BCUT2D eigenvalue weighted by atomic mass is 16.1. The molecule has 0 aliphatic carbocycles. The normalized spacial score (nSPS) is 9.93. The number of nitrogens with one attached hydrogen (secondary N) is 2. The average molecular weight is 201 g/mol. The van der Waals surface area contributed by atoms with Gasteiger partial charge in [0.05, 0.1) is 0 Å². The van der Waals surface area contributed by atoms with Gasteiger partial charge in [-0.2, -0.15) is 5.10 Å². The summed E-state index contributed by atoms with van der Waals surface area (Å²) < 4.78 is 0. The summed E-state index contributed by atoms with van der Waals surface area (Å²) in [5.41, 5.74) is 2.31. The van der Waals surface area contributed by atoms with Gasteiger partial charge < -0.3 is 5.32 Å². The van der Waals surface area contributed by atoms with E-state index in [1.165, 1.54) is 0 Å². The molecule has 0 unspecified atom stereocenters. The van der Waals surface area contributed by atoms with E-state index in [1.807, 2.05) is 31.2 Å². The van der Waals surface area contributed by atoms with Crippen LogP contribution in [0.4, 0.5) is 5.69 Å². The van der Waals surface area contributed by atoms with E-state index in [0.29, 0.717) is 5.69 Å². The fourth-order valence-electron chi connectivity index (χ4n) is 1.29. The summed E-state index contributed by atoms with van der Waals surface area (Å²) in [6.07, 6.45) is 1.55. The zero-order valence-corrected chi connectivity index (χ0v) is 8.32. The van der Waals surface area contributed by atoms with Crippen LogP contribution in [-0.2, 0) is 0 Å². The number of anilines is 1. The molecule has 0 bridgehead atoms. The number of aromatic amines is 1. The molecule has 0 aliphatic heterocycles. The minimum Gasteiger partial charge on any atom is -0.320 e. The highest BCUT2D eigenvalue weighted by Gasteiger charge is 2.07. The Balaban J connectivity index is 2.17. The third-order valence-electron chi connectivity index (χ3n) is 2.14. The van der Waals surface area contributed by atoms with Crippen molar-refractivity contribution < 1.29 is 4.79 Å². The highest BCUT2D eigenvalue weighted by Crippen LogP contribution is 2.13. The maximum Gasteiger partial charge on any atom is 0.273 e. The first kappa shape index (κ1) is 9.45. The lowest BCUT2D eigenvalue weighted by molar-refractivity contribution is 0.102. The van der Waals surface area contributed by atoms with Crippen LogP contribution >= 0.6 is 0 Å². The number of carbonyl (C=O) groups is 1. The zero-order valence-electron chi connectivity index (χ0n) is 8.32. The van der Waals surface area contributed by atoms with E-state index in [4.69, 9.17) is 0 Å². The third-order valence-corrected chi connectivity index (χ3v) is 2.14. The molecule has 0 saturated heterocycles. The number of rotatable bonds is 2. The van der Waals surface area contributed by atoms with Gasteiger partial charge in [-0.1, -0.05) is 18.2 Å². The van der Waals surface area contributed by atoms with E-state index < -0.39 is 0 Å². The van der Waals surface area contributed by atoms with Crippen molar-refractivity contribution in [1.82, 2.24) is 10.2 Å². The molecule has 0 spiro atoms. The number of hydrogen-bond donors (Lipinski definition) is 2. The molecule has 0 radical (unpaired) electrons. The van der Waals surface area contributed by atoms with Crippen LogP contribution in [0.5, 0.6) is 0 Å². The van der Waals surface area contributed by atoms with Crippen LogP contribution in [0.2, 0.25) is 0 Å². The highest BCUT2D eigenvalue weighted by molar-refractivity contribution is 6.03. The summed E-state index contributed by atoms with van der Waals surface area (Å²) in [7, 11) is 0. The second kappa shape index (κ2) is 3.96. The molecule has 0 fully saturated rings. The van der Waals surface area contributed by atoms with Crippen molar-refractivity contribution in [3.8, 4) is 0 Å². The lowest BCUT2D eigenvalue weighted by Gasteiger charge is -2.06. The van der Waals surface area contributed by atoms with Crippen LogP contribution in [0.3, 0.4) is 0 Å². The lowest BCUT2D eigenvalue weighted by Crippen LogP contribution is -2.13. The number of benzene rings is 1. The van der Waals surface area contributed by atoms with Gasteiger partial charge in [-0.05, 0) is 24.6 Å². The Kier molecular flexibility index (Phi) is 2.49. The minimum atomic E-state index is -0.179. The summed E-state index contributed by atoms with van der Waals surface area (Å²) in [4.78, 5) is 11.6. The monoisotopic (exact) mass is 201 g/mol. The maximum atomic E-state index is 11.6. The van der Waals surface area contributed by atoms with Crippen molar-refractivity contribution in [3.63, 3.8) is 0 Å². The average Bonchev–Trinajstić information content (AvgIpc) is 2.74.